The smallest absolute Gasteiger partial charge is 0.227 e. The molecule has 0 aliphatic rings. The number of nitrogens with one attached hydrogen (secondary N) is 2. The van der Waals surface area contributed by atoms with Crippen molar-refractivity contribution in [1.29, 1.82) is 0 Å². The van der Waals surface area contributed by atoms with Crippen LogP contribution in [0.5, 0.6) is 0 Å². The predicted molar refractivity (Wildman–Crippen MR) is 108 cm³/mol. The maximum Gasteiger partial charge on any atom is 0.227 e. The minimum atomic E-state index is -0.760. The molecule has 1 amide bonds. The van der Waals surface area contributed by atoms with Gasteiger partial charge in [-0.3, -0.25) is 4.79 Å². The highest BCUT2D eigenvalue weighted by atomic mass is 32.2. The number of aromatic amines is 1. The third-order valence-electron chi connectivity index (χ3n) is 4.18. The van der Waals surface area contributed by atoms with Gasteiger partial charge < -0.3 is 14.8 Å². The molecule has 0 fully saturated rings. The second-order valence-electron chi connectivity index (χ2n) is 6.66. The van der Waals surface area contributed by atoms with Crippen molar-refractivity contribution in [2.75, 3.05) is 5.32 Å². The normalized spacial score (nSPS) is 11.2. The molecule has 2 aromatic carbocycles. The van der Waals surface area contributed by atoms with Crippen LogP contribution in [-0.2, 0) is 17.0 Å². The van der Waals surface area contributed by atoms with Gasteiger partial charge in [0.2, 0.25) is 11.8 Å². The molecule has 4 rings (SSSR count). The van der Waals surface area contributed by atoms with E-state index < -0.39 is 17.5 Å². The molecule has 0 bridgehead atoms. The van der Waals surface area contributed by atoms with Gasteiger partial charge in [0.1, 0.15) is 11.6 Å². The molecule has 4 aromatic rings. The fourth-order valence-electron chi connectivity index (χ4n) is 2.82. The molecule has 2 aromatic heterocycles. The lowest BCUT2D eigenvalue weighted by atomic mass is 10.2. The quantitative estimate of drug-likeness (QED) is 0.423. The number of nitrogens with zero attached hydrogens (tertiary/aromatic N) is 3. The lowest BCUT2D eigenvalue weighted by Gasteiger charge is -2.04. The molecule has 2 heterocycles. The van der Waals surface area contributed by atoms with Gasteiger partial charge in [0.25, 0.3) is 0 Å². The topological polar surface area (TPSA) is 96.7 Å². The van der Waals surface area contributed by atoms with E-state index in [1.807, 2.05) is 25.1 Å². The first-order valence-corrected chi connectivity index (χ1v) is 10.1. The monoisotopic (exact) mass is 429 g/mol. The first-order valence-electron chi connectivity index (χ1n) is 9.11. The van der Waals surface area contributed by atoms with Crippen LogP contribution in [-0.4, -0.2) is 26.0 Å². The molecule has 30 heavy (non-hydrogen) atoms. The Bertz CT molecular complexity index is 1190. The van der Waals surface area contributed by atoms with Gasteiger partial charge in [0.05, 0.1) is 16.8 Å². The third-order valence-corrected chi connectivity index (χ3v) is 5.05. The van der Waals surface area contributed by atoms with Gasteiger partial charge in [0.15, 0.2) is 11.0 Å². The number of H-pyrrole nitrogens is 1. The highest BCUT2D eigenvalue weighted by Gasteiger charge is 2.12. The Hall–Kier alpha value is -3.27. The SMILES string of the molecule is Cc1ccc2nc(SCc3noc(CCC(=O)Nc4cc(F)cc(F)c4)n3)[nH]c2c1. The first kappa shape index (κ1) is 20.0. The van der Waals surface area contributed by atoms with Crippen molar-refractivity contribution < 1.29 is 18.1 Å². The number of carbonyl (C=O) groups is 1. The number of thioether (sulfide) groups is 1. The van der Waals surface area contributed by atoms with Gasteiger partial charge in [-0.2, -0.15) is 4.98 Å². The summed E-state index contributed by atoms with van der Waals surface area (Å²) < 4.78 is 31.5. The van der Waals surface area contributed by atoms with Crippen molar-refractivity contribution in [3.8, 4) is 0 Å². The lowest BCUT2D eigenvalue weighted by Crippen LogP contribution is -2.12. The molecule has 0 aliphatic carbocycles. The van der Waals surface area contributed by atoms with Gasteiger partial charge in [-0.05, 0) is 36.8 Å². The van der Waals surface area contributed by atoms with E-state index in [-0.39, 0.29) is 18.5 Å². The van der Waals surface area contributed by atoms with Crippen LogP contribution in [0.3, 0.4) is 0 Å². The van der Waals surface area contributed by atoms with Crippen molar-refractivity contribution in [1.82, 2.24) is 20.1 Å². The maximum atomic E-state index is 13.2. The number of aromatic nitrogens is 4. The molecule has 0 saturated carbocycles. The number of rotatable bonds is 7. The minimum Gasteiger partial charge on any atom is -0.339 e. The zero-order chi connectivity index (χ0) is 21.1. The van der Waals surface area contributed by atoms with Crippen molar-refractivity contribution in [2.45, 2.75) is 30.7 Å². The van der Waals surface area contributed by atoms with Crippen LogP contribution in [0.25, 0.3) is 11.0 Å². The summed E-state index contributed by atoms with van der Waals surface area (Å²) in [4.78, 5) is 24.0. The van der Waals surface area contributed by atoms with Gasteiger partial charge in [-0.15, -0.1) is 0 Å². The molecular formula is C20H17F2N5O2S. The van der Waals surface area contributed by atoms with Gasteiger partial charge in [-0.1, -0.05) is 23.0 Å². The molecule has 154 valence electrons. The molecule has 0 radical (unpaired) electrons. The summed E-state index contributed by atoms with van der Waals surface area (Å²) in [6, 6.07) is 8.82. The molecule has 7 nitrogen and oxygen atoms in total. The molecule has 0 spiro atoms. The van der Waals surface area contributed by atoms with Crippen LogP contribution in [0.15, 0.2) is 46.1 Å². The number of aryl methyl sites for hydroxylation is 2. The number of benzene rings is 2. The van der Waals surface area contributed by atoms with Gasteiger partial charge >= 0.3 is 0 Å². The fourth-order valence-corrected chi connectivity index (χ4v) is 3.55. The van der Waals surface area contributed by atoms with Crippen LogP contribution < -0.4 is 5.32 Å². The summed E-state index contributed by atoms with van der Waals surface area (Å²) in [6.45, 7) is 2.02. The van der Waals surface area contributed by atoms with Crippen LogP contribution >= 0.6 is 11.8 Å². The zero-order valence-corrected chi connectivity index (χ0v) is 16.7. The Kier molecular flexibility index (Phi) is 5.75. The molecule has 0 unspecified atom stereocenters. The number of hydrogen-bond donors (Lipinski definition) is 2. The highest BCUT2D eigenvalue weighted by molar-refractivity contribution is 7.98. The van der Waals surface area contributed by atoms with Crippen molar-refractivity contribution in [3.05, 3.63) is 65.3 Å². The molecule has 0 atom stereocenters. The van der Waals surface area contributed by atoms with E-state index in [2.05, 4.69) is 25.4 Å². The fraction of sp³-hybridized carbons (Fsp3) is 0.200. The Morgan fingerprint density at radius 3 is 2.77 bits per heavy atom. The predicted octanol–water partition coefficient (Wildman–Crippen LogP) is 4.40. The first-order chi connectivity index (χ1) is 14.4. The average molecular weight is 429 g/mol. The molecule has 0 aliphatic heterocycles. The number of imidazole rings is 1. The number of carbonyl (C=O) groups excluding carboxylic acids is 1. The second kappa shape index (κ2) is 8.62. The molecule has 0 saturated heterocycles. The van der Waals surface area contributed by atoms with E-state index in [4.69, 9.17) is 4.52 Å². The van der Waals surface area contributed by atoms with Crippen molar-refractivity contribution >= 4 is 34.4 Å². The summed E-state index contributed by atoms with van der Waals surface area (Å²) in [7, 11) is 0. The standard InChI is InChI=1S/C20H17F2N5O2S/c1-11-2-3-15-16(6-11)25-20(24-15)30-10-17-26-19(29-27-17)5-4-18(28)23-14-8-12(21)7-13(22)9-14/h2-3,6-9H,4-5,10H2,1H3,(H,23,28)(H,24,25). The van der Waals surface area contributed by atoms with E-state index >= 15 is 0 Å². The number of fused-ring (bicyclic) bond motifs is 1. The lowest BCUT2D eigenvalue weighted by molar-refractivity contribution is -0.116. The van der Waals surface area contributed by atoms with Crippen LogP contribution in [0.2, 0.25) is 0 Å². The molecule has 10 heteroatoms. The van der Waals surface area contributed by atoms with E-state index in [0.717, 1.165) is 40.0 Å². The Labute approximate surface area is 174 Å². The summed E-state index contributed by atoms with van der Waals surface area (Å²) in [6.07, 6.45) is 0.251. The van der Waals surface area contributed by atoms with E-state index in [9.17, 15) is 13.6 Å². The Balaban J connectivity index is 1.28. The zero-order valence-electron chi connectivity index (χ0n) is 15.9. The van der Waals surface area contributed by atoms with Gasteiger partial charge in [0, 0.05) is 24.6 Å². The average Bonchev–Trinajstić information content (AvgIpc) is 3.29. The van der Waals surface area contributed by atoms with E-state index in [1.165, 1.54) is 11.8 Å². The Morgan fingerprint density at radius 1 is 1.17 bits per heavy atom. The van der Waals surface area contributed by atoms with Crippen LogP contribution in [0.4, 0.5) is 14.5 Å². The van der Waals surface area contributed by atoms with Crippen molar-refractivity contribution in [2.24, 2.45) is 0 Å². The highest BCUT2D eigenvalue weighted by Crippen LogP contribution is 2.23. The number of hydrogen-bond acceptors (Lipinski definition) is 6. The van der Waals surface area contributed by atoms with E-state index in [1.54, 1.807) is 0 Å². The third kappa shape index (κ3) is 5.01. The largest absolute Gasteiger partial charge is 0.339 e. The maximum absolute atomic E-state index is 13.2. The molecular weight excluding hydrogens is 412 g/mol. The number of amides is 1. The second-order valence-corrected chi connectivity index (χ2v) is 7.63. The van der Waals surface area contributed by atoms with Gasteiger partial charge in [-0.25, -0.2) is 13.8 Å². The molecule has 2 N–H and O–H groups in total. The number of halogens is 2. The van der Waals surface area contributed by atoms with Crippen LogP contribution in [0.1, 0.15) is 23.7 Å². The number of anilines is 1. The summed E-state index contributed by atoms with van der Waals surface area (Å²) in [5, 5.41) is 7.10. The summed E-state index contributed by atoms with van der Waals surface area (Å²) in [5.74, 6) is -0.679. The Morgan fingerprint density at radius 2 is 1.97 bits per heavy atom. The van der Waals surface area contributed by atoms with Crippen LogP contribution in [0, 0.1) is 18.6 Å². The van der Waals surface area contributed by atoms with E-state index in [0.29, 0.717) is 17.5 Å². The summed E-state index contributed by atoms with van der Waals surface area (Å²) >= 11 is 1.45. The minimum absolute atomic E-state index is 0.0375. The summed E-state index contributed by atoms with van der Waals surface area (Å²) in [5.41, 5.74) is 3.06. The van der Waals surface area contributed by atoms with Crippen molar-refractivity contribution in [3.63, 3.8) is 0 Å².